The molecular formula is C14H11BrClN3. The number of hydrogen-bond donors (Lipinski definition) is 1. The molecule has 0 radical (unpaired) electrons. The predicted octanol–water partition coefficient (Wildman–Crippen LogP) is 4.33. The number of aromatic nitrogens is 2. The fourth-order valence-electron chi connectivity index (χ4n) is 2.19. The van der Waals surface area contributed by atoms with Crippen LogP contribution >= 0.6 is 27.5 Å². The molecule has 96 valence electrons. The van der Waals surface area contributed by atoms with Crippen LogP contribution in [0.2, 0.25) is 5.02 Å². The molecule has 0 aliphatic heterocycles. The molecule has 2 N–H and O–H groups in total. The maximum Gasteiger partial charge on any atom is 0.205 e. The van der Waals surface area contributed by atoms with Gasteiger partial charge in [-0.25, -0.2) is 4.98 Å². The first-order valence-corrected chi connectivity index (χ1v) is 6.93. The maximum absolute atomic E-state index is 6.04. The Hall–Kier alpha value is -1.52. The number of nitrogens with two attached hydrogens (primary N) is 1. The Labute approximate surface area is 124 Å². The zero-order chi connectivity index (χ0) is 13.6. The number of anilines is 1. The Balaban J connectivity index is 2.33. The van der Waals surface area contributed by atoms with Crippen molar-refractivity contribution in [3.8, 4) is 5.69 Å². The fraction of sp³-hybridized carbons (Fsp3) is 0.0714. The number of halogens is 2. The van der Waals surface area contributed by atoms with E-state index in [2.05, 4.69) is 27.0 Å². The van der Waals surface area contributed by atoms with Crippen LogP contribution in [0.25, 0.3) is 16.7 Å². The molecule has 1 heterocycles. The molecule has 0 amide bonds. The number of nitrogens with zero attached hydrogens (tertiary/aromatic N) is 2. The standard InChI is InChI=1S/C14H11BrClN3/c1-8-6-9(15)2-4-12(8)19-13-5-3-10(16)7-11(13)18-14(19)17/h2-7H,1H3,(H2,17,18). The third kappa shape index (κ3) is 2.11. The van der Waals surface area contributed by atoms with Crippen molar-refractivity contribution < 1.29 is 0 Å². The lowest BCUT2D eigenvalue weighted by Crippen LogP contribution is -2.02. The molecule has 0 unspecified atom stereocenters. The fourth-order valence-corrected chi connectivity index (χ4v) is 2.84. The molecule has 2 aromatic carbocycles. The Bertz CT molecular complexity index is 780. The number of imidazole rings is 1. The van der Waals surface area contributed by atoms with Crippen LogP contribution in [0, 0.1) is 6.92 Å². The van der Waals surface area contributed by atoms with Gasteiger partial charge in [0.1, 0.15) is 0 Å². The molecule has 0 fully saturated rings. The SMILES string of the molecule is Cc1cc(Br)ccc1-n1c(N)nc2cc(Cl)ccc21. The van der Waals surface area contributed by atoms with Crippen LogP contribution in [-0.4, -0.2) is 9.55 Å². The molecule has 19 heavy (non-hydrogen) atoms. The van der Waals surface area contributed by atoms with E-state index in [0.717, 1.165) is 26.8 Å². The van der Waals surface area contributed by atoms with Crippen molar-refractivity contribution in [3.63, 3.8) is 0 Å². The molecular weight excluding hydrogens is 326 g/mol. The first kappa shape index (κ1) is 12.5. The summed E-state index contributed by atoms with van der Waals surface area (Å²) in [6.45, 7) is 2.04. The molecule has 0 aliphatic rings. The molecule has 3 aromatic rings. The lowest BCUT2D eigenvalue weighted by atomic mass is 10.2. The van der Waals surface area contributed by atoms with Crippen LogP contribution in [0.15, 0.2) is 40.9 Å². The normalized spacial score (nSPS) is 11.1. The van der Waals surface area contributed by atoms with Crippen LogP contribution in [-0.2, 0) is 0 Å². The summed E-state index contributed by atoms with van der Waals surface area (Å²) in [5, 5.41) is 0.657. The number of hydrogen-bond acceptors (Lipinski definition) is 2. The molecule has 3 nitrogen and oxygen atoms in total. The van der Waals surface area contributed by atoms with E-state index in [1.165, 1.54) is 0 Å². The summed E-state index contributed by atoms with van der Waals surface area (Å²) in [7, 11) is 0. The highest BCUT2D eigenvalue weighted by atomic mass is 79.9. The van der Waals surface area contributed by atoms with E-state index in [4.69, 9.17) is 17.3 Å². The van der Waals surface area contributed by atoms with E-state index >= 15 is 0 Å². The second-order valence-electron chi connectivity index (χ2n) is 4.37. The molecule has 1 aromatic heterocycles. The third-order valence-electron chi connectivity index (χ3n) is 3.04. The second kappa shape index (κ2) is 4.54. The van der Waals surface area contributed by atoms with Gasteiger partial charge in [0, 0.05) is 9.50 Å². The van der Waals surface area contributed by atoms with Crippen LogP contribution < -0.4 is 5.73 Å². The van der Waals surface area contributed by atoms with Crippen molar-refractivity contribution in [2.45, 2.75) is 6.92 Å². The van der Waals surface area contributed by atoms with Gasteiger partial charge in [0.05, 0.1) is 16.7 Å². The Morgan fingerprint density at radius 1 is 1.21 bits per heavy atom. The summed E-state index contributed by atoms with van der Waals surface area (Å²) in [5.74, 6) is 0.461. The van der Waals surface area contributed by atoms with Gasteiger partial charge in [-0.3, -0.25) is 4.57 Å². The Morgan fingerprint density at radius 3 is 2.74 bits per heavy atom. The minimum Gasteiger partial charge on any atom is -0.369 e. The Kier molecular flexibility index (Phi) is 2.99. The van der Waals surface area contributed by atoms with E-state index in [1.807, 2.05) is 41.8 Å². The monoisotopic (exact) mass is 335 g/mol. The zero-order valence-corrected chi connectivity index (χ0v) is 12.5. The van der Waals surface area contributed by atoms with Crippen LogP contribution in [0.5, 0.6) is 0 Å². The van der Waals surface area contributed by atoms with Crippen molar-refractivity contribution >= 4 is 44.5 Å². The van der Waals surface area contributed by atoms with Crippen LogP contribution in [0.1, 0.15) is 5.56 Å². The molecule has 3 rings (SSSR count). The number of benzene rings is 2. The van der Waals surface area contributed by atoms with Gasteiger partial charge in [-0.05, 0) is 48.9 Å². The van der Waals surface area contributed by atoms with Crippen LogP contribution in [0.3, 0.4) is 0 Å². The summed E-state index contributed by atoms with van der Waals surface area (Å²) in [5.41, 5.74) is 9.93. The minimum absolute atomic E-state index is 0.461. The second-order valence-corrected chi connectivity index (χ2v) is 5.72. The highest BCUT2D eigenvalue weighted by molar-refractivity contribution is 9.10. The van der Waals surface area contributed by atoms with Gasteiger partial charge < -0.3 is 5.73 Å². The van der Waals surface area contributed by atoms with Gasteiger partial charge in [-0.15, -0.1) is 0 Å². The van der Waals surface area contributed by atoms with Gasteiger partial charge in [0.15, 0.2) is 0 Å². The maximum atomic E-state index is 6.04. The summed E-state index contributed by atoms with van der Waals surface area (Å²) in [6.07, 6.45) is 0. The molecule has 0 atom stereocenters. The molecule has 0 spiro atoms. The van der Waals surface area contributed by atoms with E-state index in [0.29, 0.717) is 11.0 Å². The lowest BCUT2D eigenvalue weighted by molar-refractivity contribution is 1.09. The Morgan fingerprint density at radius 2 is 2.00 bits per heavy atom. The third-order valence-corrected chi connectivity index (χ3v) is 3.77. The minimum atomic E-state index is 0.461. The average Bonchev–Trinajstić information content (AvgIpc) is 2.65. The van der Waals surface area contributed by atoms with Crippen LogP contribution in [0.4, 0.5) is 5.95 Å². The topological polar surface area (TPSA) is 43.8 Å². The van der Waals surface area contributed by atoms with Gasteiger partial charge in [-0.1, -0.05) is 27.5 Å². The van der Waals surface area contributed by atoms with Gasteiger partial charge in [0.2, 0.25) is 5.95 Å². The molecule has 0 saturated heterocycles. The van der Waals surface area contributed by atoms with Crippen molar-refractivity contribution in [3.05, 3.63) is 51.5 Å². The van der Waals surface area contributed by atoms with Gasteiger partial charge in [0.25, 0.3) is 0 Å². The number of fused-ring (bicyclic) bond motifs is 1. The van der Waals surface area contributed by atoms with Gasteiger partial charge >= 0.3 is 0 Å². The number of nitrogen functional groups attached to an aromatic ring is 1. The smallest absolute Gasteiger partial charge is 0.205 e. The van der Waals surface area contributed by atoms with E-state index in [9.17, 15) is 0 Å². The zero-order valence-electron chi connectivity index (χ0n) is 10.2. The van der Waals surface area contributed by atoms with Crippen molar-refractivity contribution in [1.29, 1.82) is 0 Å². The van der Waals surface area contributed by atoms with Crippen molar-refractivity contribution in [1.82, 2.24) is 9.55 Å². The van der Waals surface area contributed by atoms with E-state index in [-0.39, 0.29) is 0 Å². The quantitative estimate of drug-likeness (QED) is 0.718. The predicted molar refractivity (Wildman–Crippen MR) is 82.9 cm³/mol. The lowest BCUT2D eigenvalue weighted by Gasteiger charge is -2.10. The van der Waals surface area contributed by atoms with Crippen molar-refractivity contribution in [2.24, 2.45) is 0 Å². The molecule has 0 aliphatic carbocycles. The molecule has 0 bridgehead atoms. The first-order chi connectivity index (χ1) is 9.06. The molecule has 0 saturated carbocycles. The number of rotatable bonds is 1. The summed E-state index contributed by atoms with van der Waals surface area (Å²) < 4.78 is 2.98. The summed E-state index contributed by atoms with van der Waals surface area (Å²) in [4.78, 5) is 4.36. The number of aryl methyl sites for hydroxylation is 1. The highest BCUT2D eigenvalue weighted by Gasteiger charge is 2.12. The van der Waals surface area contributed by atoms with E-state index in [1.54, 1.807) is 0 Å². The van der Waals surface area contributed by atoms with Gasteiger partial charge in [-0.2, -0.15) is 0 Å². The van der Waals surface area contributed by atoms with Crippen molar-refractivity contribution in [2.75, 3.05) is 5.73 Å². The van der Waals surface area contributed by atoms with E-state index < -0.39 is 0 Å². The average molecular weight is 337 g/mol. The highest BCUT2D eigenvalue weighted by Crippen LogP contribution is 2.28. The summed E-state index contributed by atoms with van der Waals surface area (Å²) >= 11 is 9.45. The summed E-state index contributed by atoms with van der Waals surface area (Å²) in [6, 6.07) is 11.7. The largest absolute Gasteiger partial charge is 0.369 e. The first-order valence-electron chi connectivity index (χ1n) is 5.76. The molecule has 5 heteroatoms.